The molecule has 0 aromatic heterocycles. The van der Waals surface area contributed by atoms with Gasteiger partial charge in [-0.2, -0.15) is 0 Å². The van der Waals surface area contributed by atoms with Gasteiger partial charge in [-0.25, -0.2) is 0 Å². The lowest BCUT2D eigenvalue weighted by Gasteiger charge is -2.20. The molecule has 0 unspecified atom stereocenters. The largest absolute Gasteiger partial charge is 0.326 e. The maximum Gasteiger partial charge on any atom is 0.282 e. The molecule has 0 spiro atoms. The third-order valence-corrected chi connectivity index (χ3v) is 4.50. The smallest absolute Gasteiger partial charge is 0.282 e. The molecule has 0 radical (unpaired) electrons. The number of nitrogens with one attached hydrogen (secondary N) is 1. The van der Waals surface area contributed by atoms with Crippen LogP contribution in [0.5, 0.6) is 0 Å². The van der Waals surface area contributed by atoms with Crippen LogP contribution in [-0.2, 0) is 4.79 Å². The molecule has 0 aliphatic heterocycles. The summed E-state index contributed by atoms with van der Waals surface area (Å²) in [6.45, 7) is 3.97. The van der Waals surface area contributed by atoms with Crippen LogP contribution >= 0.6 is 0 Å². The monoisotopic (exact) mass is 345 g/mol. The summed E-state index contributed by atoms with van der Waals surface area (Å²) in [5, 5.41) is 5.14. The maximum absolute atomic E-state index is 12.7. The topological polar surface area (TPSA) is 45.7 Å². The second kappa shape index (κ2) is 8.45. The van der Waals surface area contributed by atoms with E-state index in [1.54, 1.807) is 0 Å². The molecule has 0 aliphatic carbocycles. The Morgan fingerprint density at radius 2 is 1.42 bits per heavy atom. The van der Waals surface area contributed by atoms with Gasteiger partial charge in [-0.3, -0.25) is 4.79 Å². The van der Waals surface area contributed by atoms with E-state index < -0.39 is 0 Å². The van der Waals surface area contributed by atoms with Crippen molar-refractivity contribution < 1.29 is 10.1 Å². The fourth-order valence-electron chi connectivity index (χ4n) is 3.09. The highest BCUT2D eigenvalue weighted by molar-refractivity contribution is 5.93. The van der Waals surface area contributed by atoms with E-state index in [-0.39, 0.29) is 18.0 Å². The first kappa shape index (κ1) is 17.9. The summed E-state index contributed by atoms with van der Waals surface area (Å²) in [4.78, 5) is 12.7. The Morgan fingerprint density at radius 3 is 1.96 bits per heavy atom. The molecular formula is C23H25N2O+. The number of anilines is 1. The van der Waals surface area contributed by atoms with Crippen molar-refractivity contribution in [3.8, 4) is 0 Å². The quantitative estimate of drug-likeness (QED) is 0.703. The Hall–Kier alpha value is -2.91. The highest BCUT2D eigenvalue weighted by Crippen LogP contribution is 2.18. The molecular weight excluding hydrogens is 320 g/mol. The molecule has 132 valence electrons. The van der Waals surface area contributed by atoms with Crippen molar-refractivity contribution in [2.45, 2.75) is 25.9 Å². The number of rotatable bonds is 6. The zero-order valence-corrected chi connectivity index (χ0v) is 15.2. The van der Waals surface area contributed by atoms with E-state index >= 15 is 0 Å². The van der Waals surface area contributed by atoms with Crippen molar-refractivity contribution >= 4 is 11.6 Å². The average molecular weight is 345 g/mol. The number of hydrogen-bond donors (Lipinski definition) is 2. The Bertz CT molecular complexity index is 807. The zero-order chi connectivity index (χ0) is 18.4. The minimum absolute atomic E-state index is 0.00691. The standard InChI is InChI=1S/C23H24N2O/c1-17-10-9-15-21(16-17)25-23(26)18(2)24-22(19-11-5-3-6-12-19)20-13-7-4-8-14-20/h3-16,18,22,24H,1-2H3,(H,25,26)/p+1/t18-/m1/s1. The summed E-state index contributed by atoms with van der Waals surface area (Å²) in [6.07, 6.45) is 0. The Morgan fingerprint density at radius 1 is 0.846 bits per heavy atom. The van der Waals surface area contributed by atoms with Crippen molar-refractivity contribution in [1.29, 1.82) is 0 Å². The molecule has 3 aromatic rings. The van der Waals surface area contributed by atoms with Gasteiger partial charge in [-0.05, 0) is 31.5 Å². The van der Waals surface area contributed by atoms with Gasteiger partial charge >= 0.3 is 0 Å². The summed E-state index contributed by atoms with van der Waals surface area (Å²) >= 11 is 0. The van der Waals surface area contributed by atoms with E-state index in [0.717, 1.165) is 11.3 Å². The van der Waals surface area contributed by atoms with Crippen molar-refractivity contribution in [2.24, 2.45) is 0 Å². The molecule has 3 N–H and O–H groups in total. The van der Waals surface area contributed by atoms with Crippen LogP contribution in [-0.4, -0.2) is 11.9 Å². The summed E-state index contributed by atoms with van der Waals surface area (Å²) in [5.74, 6) is 0.00691. The predicted octanol–water partition coefficient (Wildman–Crippen LogP) is 3.68. The van der Waals surface area contributed by atoms with Gasteiger partial charge < -0.3 is 10.6 Å². The van der Waals surface area contributed by atoms with Gasteiger partial charge in [-0.1, -0.05) is 72.8 Å². The summed E-state index contributed by atoms with van der Waals surface area (Å²) in [5.41, 5.74) is 4.35. The molecule has 3 nitrogen and oxygen atoms in total. The van der Waals surface area contributed by atoms with Gasteiger partial charge in [0, 0.05) is 16.8 Å². The number of carbonyl (C=O) groups excluding carboxylic acids is 1. The second-order valence-electron chi connectivity index (χ2n) is 6.64. The van der Waals surface area contributed by atoms with Crippen molar-refractivity contribution in [3.63, 3.8) is 0 Å². The summed E-state index contributed by atoms with van der Waals surface area (Å²) < 4.78 is 0. The molecule has 1 atom stereocenters. The van der Waals surface area contributed by atoms with Gasteiger partial charge in [0.15, 0.2) is 6.04 Å². The second-order valence-corrected chi connectivity index (χ2v) is 6.64. The van der Waals surface area contributed by atoms with Crippen LogP contribution in [0, 0.1) is 6.92 Å². The molecule has 1 amide bonds. The van der Waals surface area contributed by atoms with Crippen molar-refractivity contribution in [1.82, 2.24) is 0 Å². The van der Waals surface area contributed by atoms with Gasteiger partial charge in [0.05, 0.1) is 0 Å². The first-order valence-electron chi connectivity index (χ1n) is 8.96. The molecule has 0 bridgehead atoms. The maximum atomic E-state index is 12.7. The number of nitrogens with two attached hydrogens (primary N) is 1. The van der Waals surface area contributed by atoms with Crippen molar-refractivity contribution in [3.05, 3.63) is 102 Å². The zero-order valence-electron chi connectivity index (χ0n) is 15.2. The lowest BCUT2D eigenvalue weighted by atomic mass is 9.98. The fourth-order valence-corrected chi connectivity index (χ4v) is 3.09. The lowest BCUT2D eigenvalue weighted by molar-refractivity contribution is -0.704. The molecule has 0 saturated heterocycles. The van der Waals surface area contributed by atoms with Gasteiger partial charge in [0.2, 0.25) is 0 Å². The van der Waals surface area contributed by atoms with E-state index in [1.165, 1.54) is 11.1 Å². The minimum Gasteiger partial charge on any atom is -0.326 e. The van der Waals surface area contributed by atoms with Crippen LogP contribution in [0.15, 0.2) is 84.9 Å². The van der Waals surface area contributed by atoms with E-state index in [9.17, 15) is 4.79 Å². The van der Waals surface area contributed by atoms with Crippen LogP contribution in [0.1, 0.15) is 29.7 Å². The van der Waals surface area contributed by atoms with Crippen molar-refractivity contribution in [2.75, 3.05) is 5.32 Å². The van der Waals surface area contributed by atoms with Gasteiger partial charge in [-0.15, -0.1) is 0 Å². The fraction of sp³-hybridized carbons (Fsp3) is 0.174. The lowest BCUT2D eigenvalue weighted by Crippen LogP contribution is -2.92. The molecule has 0 heterocycles. The van der Waals surface area contributed by atoms with Crippen LogP contribution in [0.2, 0.25) is 0 Å². The predicted molar refractivity (Wildman–Crippen MR) is 106 cm³/mol. The van der Waals surface area contributed by atoms with E-state index in [4.69, 9.17) is 0 Å². The number of aryl methyl sites for hydroxylation is 1. The van der Waals surface area contributed by atoms with E-state index in [1.807, 2.05) is 74.5 Å². The average Bonchev–Trinajstić information content (AvgIpc) is 2.67. The molecule has 0 fully saturated rings. The highest BCUT2D eigenvalue weighted by atomic mass is 16.2. The van der Waals surface area contributed by atoms with Crippen LogP contribution in [0.4, 0.5) is 5.69 Å². The Balaban J connectivity index is 1.77. The third kappa shape index (κ3) is 4.58. The first-order valence-corrected chi connectivity index (χ1v) is 8.96. The Kier molecular flexibility index (Phi) is 5.82. The SMILES string of the molecule is Cc1cccc(NC(=O)[C@@H](C)[NH2+]C(c2ccccc2)c2ccccc2)c1. The molecule has 3 rings (SSSR count). The van der Waals surface area contributed by atoms with E-state index in [0.29, 0.717) is 0 Å². The summed E-state index contributed by atoms with van der Waals surface area (Å²) in [6, 6.07) is 28.4. The number of hydrogen-bond acceptors (Lipinski definition) is 1. The number of quaternary nitrogens is 1. The molecule has 0 aliphatic rings. The number of amides is 1. The van der Waals surface area contributed by atoms with Gasteiger partial charge in [0.1, 0.15) is 6.04 Å². The summed E-state index contributed by atoms with van der Waals surface area (Å²) in [7, 11) is 0. The minimum atomic E-state index is -0.221. The highest BCUT2D eigenvalue weighted by Gasteiger charge is 2.24. The van der Waals surface area contributed by atoms with Gasteiger partial charge in [0.25, 0.3) is 5.91 Å². The normalized spacial score (nSPS) is 12.0. The molecule has 0 saturated carbocycles. The van der Waals surface area contributed by atoms with Crippen LogP contribution < -0.4 is 10.6 Å². The first-order chi connectivity index (χ1) is 12.6. The molecule has 26 heavy (non-hydrogen) atoms. The number of benzene rings is 3. The Labute approximate surface area is 155 Å². The van der Waals surface area contributed by atoms with Crippen LogP contribution in [0.3, 0.4) is 0 Å². The van der Waals surface area contributed by atoms with E-state index in [2.05, 4.69) is 34.9 Å². The van der Waals surface area contributed by atoms with Crippen LogP contribution in [0.25, 0.3) is 0 Å². The number of carbonyl (C=O) groups is 1. The third-order valence-electron chi connectivity index (χ3n) is 4.50. The molecule has 3 aromatic carbocycles. The molecule has 3 heteroatoms.